The molecule has 0 aliphatic rings. The van der Waals surface area contributed by atoms with Gasteiger partial charge in [0.25, 0.3) is 0 Å². The summed E-state index contributed by atoms with van der Waals surface area (Å²) < 4.78 is 0. The molecule has 0 saturated carbocycles. The van der Waals surface area contributed by atoms with Gasteiger partial charge in [-0.3, -0.25) is 0 Å². The number of carbonyl (C=O) groups excluding carboxylic acids is 2. The smallest absolute Gasteiger partial charge is 0.372 e. The monoisotopic (exact) mass is 391 g/mol. The lowest BCUT2D eigenvalue weighted by Crippen LogP contribution is -2.21. The third kappa shape index (κ3) is 7.14. The lowest BCUT2D eigenvalue weighted by molar-refractivity contribution is -0.187. The first-order valence-electron chi connectivity index (χ1n) is 9.49. The van der Waals surface area contributed by atoms with Gasteiger partial charge in [-0.1, -0.05) is 54.6 Å². The molecule has 5 nitrogen and oxygen atoms in total. The van der Waals surface area contributed by atoms with Crippen LogP contribution in [0.25, 0.3) is 0 Å². The van der Waals surface area contributed by atoms with Crippen LogP contribution < -0.4 is 4.90 Å². The maximum Gasteiger partial charge on any atom is 0.386 e. The van der Waals surface area contributed by atoms with Crippen LogP contribution in [-0.4, -0.2) is 25.0 Å². The molecule has 3 aromatic rings. The molecule has 0 amide bonds. The predicted molar refractivity (Wildman–Crippen MR) is 114 cm³/mol. The molecular formula is C24H25NO4. The molecule has 0 saturated heterocycles. The molecule has 150 valence electrons. The van der Waals surface area contributed by atoms with Crippen LogP contribution in [0.5, 0.6) is 0 Å². The first-order chi connectivity index (χ1) is 14.2. The molecular weight excluding hydrogens is 366 g/mol. The zero-order valence-corrected chi connectivity index (χ0v) is 16.7. The largest absolute Gasteiger partial charge is 0.386 e. The molecule has 0 aromatic heterocycles. The Morgan fingerprint density at radius 3 is 1.31 bits per heavy atom. The molecule has 3 aromatic carbocycles. The molecule has 5 heteroatoms. The number of benzene rings is 3. The van der Waals surface area contributed by atoms with Gasteiger partial charge in [0.05, 0.1) is 11.1 Å². The Morgan fingerprint density at radius 1 is 0.621 bits per heavy atom. The van der Waals surface area contributed by atoms with Crippen LogP contribution in [0, 0.1) is 0 Å². The lowest BCUT2D eigenvalue weighted by atomic mass is 10.2. The van der Waals surface area contributed by atoms with E-state index in [1.54, 1.807) is 60.7 Å². The van der Waals surface area contributed by atoms with Gasteiger partial charge < -0.3 is 4.90 Å². The van der Waals surface area contributed by atoms with Crippen molar-refractivity contribution < 1.29 is 19.4 Å². The maximum atomic E-state index is 11.5. The molecule has 0 spiro atoms. The minimum absolute atomic E-state index is 0.318. The number of anilines is 1. The number of hydrogen-bond donors (Lipinski definition) is 0. The molecule has 0 heterocycles. The molecule has 0 aliphatic carbocycles. The van der Waals surface area contributed by atoms with Crippen LogP contribution in [0.1, 0.15) is 34.6 Å². The van der Waals surface area contributed by atoms with Gasteiger partial charge in [0, 0.05) is 18.8 Å². The minimum atomic E-state index is -0.708. The Balaban J connectivity index is 0.000000234. The summed E-state index contributed by atoms with van der Waals surface area (Å²) in [6.45, 7) is 6.52. The van der Waals surface area contributed by atoms with Crippen LogP contribution in [0.15, 0.2) is 91.0 Å². The van der Waals surface area contributed by atoms with Crippen LogP contribution in [0.2, 0.25) is 0 Å². The Bertz CT molecular complexity index is 812. The van der Waals surface area contributed by atoms with Crippen molar-refractivity contribution in [3.8, 4) is 0 Å². The van der Waals surface area contributed by atoms with Gasteiger partial charge in [0.1, 0.15) is 0 Å². The Morgan fingerprint density at radius 2 is 0.966 bits per heavy atom. The summed E-state index contributed by atoms with van der Waals surface area (Å²) in [5, 5.41) is 0. The number of hydrogen-bond acceptors (Lipinski definition) is 5. The van der Waals surface area contributed by atoms with E-state index in [4.69, 9.17) is 0 Å². The molecule has 0 radical (unpaired) electrons. The number of carbonyl (C=O) groups is 2. The quantitative estimate of drug-likeness (QED) is 0.445. The van der Waals surface area contributed by atoms with E-state index in [1.165, 1.54) is 5.69 Å². The summed E-state index contributed by atoms with van der Waals surface area (Å²) in [5.41, 5.74) is 1.95. The fraction of sp³-hybridized carbons (Fsp3) is 0.167. The summed E-state index contributed by atoms with van der Waals surface area (Å²) in [7, 11) is 0. The molecule has 0 aliphatic heterocycles. The van der Waals surface area contributed by atoms with Gasteiger partial charge in [-0.05, 0) is 50.2 Å². The molecule has 0 fully saturated rings. The fourth-order valence-corrected chi connectivity index (χ4v) is 2.55. The van der Waals surface area contributed by atoms with Crippen molar-refractivity contribution in [2.75, 3.05) is 18.0 Å². The van der Waals surface area contributed by atoms with E-state index in [9.17, 15) is 9.59 Å². The highest BCUT2D eigenvalue weighted by Gasteiger charge is 2.13. The minimum Gasteiger partial charge on any atom is -0.372 e. The highest BCUT2D eigenvalue weighted by Crippen LogP contribution is 2.11. The van der Waals surface area contributed by atoms with Gasteiger partial charge in [-0.2, -0.15) is 0 Å². The predicted octanol–water partition coefficient (Wildman–Crippen LogP) is 5.15. The zero-order chi connectivity index (χ0) is 20.9. The standard InChI is InChI=1S/C14H10O4.C10H15N/c15-13(11-7-3-1-4-8-11)17-18-14(16)12-9-5-2-6-10-12;1-3-11(4-2)10-8-6-5-7-9-10/h1-10H;5-9H,3-4H2,1-2H3. The molecule has 0 N–H and O–H groups in total. The van der Waals surface area contributed by atoms with E-state index in [-0.39, 0.29) is 0 Å². The Kier molecular flexibility index (Phi) is 8.96. The number of rotatable bonds is 5. The van der Waals surface area contributed by atoms with Gasteiger partial charge in [0.2, 0.25) is 0 Å². The van der Waals surface area contributed by atoms with Gasteiger partial charge in [-0.15, -0.1) is 0 Å². The van der Waals surface area contributed by atoms with Crippen LogP contribution in [0.4, 0.5) is 5.69 Å². The van der Waals surface area contributed by atoms with Crippen molar-refractivity contribution >= 4 is 17.6 Å². The van der Waals surface area contributed by atoms with E-state index >= 15 is 0 Å². The molecule has 29 heavy (non-hydrogen) atoms. The number of para-hydroxylation sites is 1. The molecule has 0 atom stereocenters. The van der Waals surface area contributed by atoms with Crippen LogP contribution >= 0.6 is 0 Å². The van der Waals surface area contributed by atoms with Crippen LogP contribution in [-0.2, 0) is 9.78 Å². The highest BCUT2D eigenvalue weighted by molar-refractivity contribution is 5.92. The van der Waals surface area contributed by atoms with E-state index in [1.807, 2.05) is 6.07 Å². The highest BCUT2D eigenvalue weighted by atomic mass is 17.2. The summed E-state index contributed by atoms with van der Waals surface area (Å²) >= 11 is 0. The van der Waals surface area contributed by atoms with E-state index in [2.05, 4.69) is 52.8 Å². The summed E-state index contributed by atoms with van der Waals surface area (Å²) in [4.78, 5) is 34.2. The van der Waals surface area contributed by atoms with Gasteiger partial charge in [-0.25, -0.2) is 19.4 Å². The number of nitrogens with zero attached hydrogens (tertiary/aromatic N) is 1. The second kappa shape index (κ2) is 12.0. The SMILES string of the molecule is CCN(CC)c1ccccc1.O=C(OOC(=O)c1ccccc1)c1ccccc1. The maximum absolute atomic E-state index is 11.5. The first kappa shape index (κ1) is 21.7. The van der Waals surface area contributed by atoms with Crippen molar-refractivity contribution in [1.82, 2.24) is 0 Å². The topological polar surface area (TPSA) is 55.8 Å². The van der Waals surface area contributed by atoms with Crippen LogP contribution in [0.3, 0.4) is 0 Å². The van der Waals surface area contributed by atoms with Crippen molar-refractivity contribution in [3.63, 3.8) is 0 Å². The van der Waals surface area contributed by atoms with Crippen molar-refractivity contribution in [2.24, 2.45) is 0 Å². The molecule has 0 unspecified atom stereocenters. The average molecular weight is 391 g/mol. The van der Waals surface area contributed by atoms with Crippen molar-refractivity contribution in [3.05, 3.63) is 102 Å². The third-order valence-electron chi connectivity index (χ3n) is 4.10. The van der Waals surface area contributed by atoms with Gasteiger partial charge >= 0.3 is 11.9 Å². The Hall–Kier alpha value is -3.60. The summed E-state index contributed by atoms with van der Waals surface area (Å²) in [6, 6.07) is 27.1. The third-order valence-corrected chi connectivity index (χ3v) is 4.10. The summed E-state index contributed by atoms with van der Waals surface area (Å²) in [6.07, 6.45) is 0. The normalized spacial score (nSPS) is 9.59. The van der Waals surface area contributed by atoms with E-state index in [0.717, 1.165) is 13.1 Å². The second-order valence-corrected chi connectivity index (χ2v) is 5.98. The van der Waals surface area contributed by atoms with E-state index in [0.29, 0.717) is 11.1 Å². The van der Waals surface area contributed by atoms with Crippen molar-refractivity contribution in [2.45, 2.75) is 13.8 Å². The Labute approximate surface area is 171 Å². The fourth-order valence-electron chi connectivity index (χ4n) is 2.55. The lowest BCUT2D eigenvalue weighted by Gasteiger charge is -2.20. The zero-order valence-electron chi connectivity index (χ0n) is 16.7. The summed E-state index contributed by atoms with van der Waals surface area (Å²) in [5.74, 6) is -1.42. The van der Waals surface area contributed by atoms with Crippen molar-refractivity contribution in [1.29, 1.82) is 0 Å². The van der Waals surface area contributed by atoms with E-state index < -0.39 is 11.9 Å². The molecule has 0 bridgehead atoms. The average Bonchev–Trinajstić information content (AvgIpc) is 2.80. The second-order valence-electron chi connectivity index (χ2n) is 5.98. The first-order valence-corrected chi connectivity index (χ1v) is 9.49. The molecule has 3 rings (SSSR count). The van der Waals surface area contributed by atoms with Gasteiger partial charge in [0.15, 0.2) is 0 Å².